The number of benzene rings is 2. The van der Waals surface area contributed by atoms with Crippen LogP contribution in [0.4, 0.5) is 0 Å². The summed E-state index contributed by atoms with van der Waals surface area (Å²) in [5, 5.41) is 2.91. The molecule has 2 aromatic rings. The Kier molecular flexibility index (Phi) is 10.4. The lowest BCUT2D eigenvalue weighted by atomic mass is 10.1. The summed E-state index contributed by atoms with van der Waals surface area (Å²) in [5.41, 5.74) is 1.10. The van der Waals surface area contributed by atoms with Crippen molar-refractivity contribution in [3.05, 3.63) is 54.1 Å². The predicted octanol–water partition coefficient (Wildman–Crippen LogP) is 3.46. The van der Waals surface area contributed by atoms with E-state index in [9.17, 15) is 9.59 Å². The molecule has 0 aliphatic rings. The van der Waals surface area contributed by atoms with Crippen LogP contribution in [-0.4, -0.2) is 56.7 Å². The summed E-state index contributed by atoms with van der Waals surface area (Å²) in [4.78, 5) is 27.6. The van der Waals surface area contributed by atoms with Gasteiger partial charge in [0.05, 0.1) is 14.2 Å². The normalized spacial score (nSPS) is 11.4. The van der Waals surface area contributed by atoms with Crippen LogP contribution in [0.15, 0.2) is 48.5 Å². The number of hydrogen-bond acceptors (Lipinski definition) is 5. The number of ether oxygens (including phenoxy) is 3. The maximum absolute atomic E-state index is 13.2. The Labute approximate surface area is 190 Å². The van der Waals surface area contributed by atoms with Gasteiger partial charge >= 0.3 is 0 Å². The highest BCUT2D eigenvalue weighted by molar-refractivity contribution is 5.88. The zero-order chi connectivity index (χ0) is 23.3. The summed E-state index contributed by atoms with van der Waals surface area (Å²) in [6.45, 7) is 4.72. The largest absolute Gasteiger partial charge is 0.496 e. The topological polar surface area (TPSA) is 77.1 Å². The van der Waals surface area contributed by atoms with E-state index in [0.717, 1.165) is 12.0 Å². The average molecular weight is 443 g/mol. The number of methoxy groups -OCH3 is 2. The second kappa shape index (κ2) is 13.2. The molecule has 0 saturated carbocycles. The second-order valence-electron chi connectivity index (χ2n) is 7.37. The number of hydrogen-bond donors (Lipinski definition) is 1. The Bertz CT molecular complexity index is 834. The van der Waals surface area contributed by atoms with Crippen LogP contribution in [0.1, 0.15) is 32.3 Å². The van der Waals surface area contributed by atoms with E-state index < -0.39 is 6.04 Å². The Morgan fingerprint density at radius 3 is 2.16 bits per heavy atom. The summed E-state index contributed by atoms with van der Waals surface area (Å²) in [5.74, 6) is 1.21. The molecule has 1 atom stereocenters. The highest BCUT2D eigenvalue weighted by Crippen LogP contribution is 2.27. The van der Waals surface area contributed by atoms with Crippen molar-refractivity contribution in [3.8, 4) is 17.2 Å². The van der Waals surface area contributed by atoms with Crippen molar-refractivity contribution in [2.45, 2.75) is 39.2 Å². The second-order valence-corrected chi connectivity index (χ2v) is 7.37. The molecule has 1 N–H and O–H groups in total. The molecular weight excluding hydrogens is 408 g/mol. The average Bonchev–Trinajstić information content (AvgIpc) is 2.83. The predicted molar refractivity (Wildman–Crippen MR) is 124 cm³/mol. The lowest BCUT2D eigenvalue weighted by Crippen LogP contribution is -2.51. The standard InChI is InChI=1S/C25H34N2O5/c1-5-13-26-25(29)23(6-2)27(14-12-19-10-8-7-9-11-19)24(28)18-32-22-16-20(30-3)15-21(17-22)31-4/h7-11,15-17,23H,5-6,12-14,18H2,1-4H3,(H,26,29)/t23-/m0/s1. The molecule has 0 radical (unpaired) electrons. The first-order valence-electron chi connectivity index (χ1n) is 11.0. The van der Waals surface area contributed by atoms with Crippen molar-refractivity contribution >= 4 is 11.8 Å². The van der Waals surface area contributed by atoms with Gasteiger partial charge in [-0.1, -0.05) is 44.2 Å². The van der Waals surface area contributed by atoms with Crippen LogP contribution in [0.5, 0.6) is 17.2 Å². The molecule has 2 aromatic carbocycles. The van der Waals surface area contributed by atoms with E-state index in [4.69, 9.17) is 14.2 Å². The van der Waals surface area contributed by atoms with Crippen LogP contribution in [0.2, 0.25) is 0 Å². The molecule has 0 aliphatic heterocycles. The maximum atomic E-state index is 13.2. The first-order valence-corrected chi connectivity index (χ1v) is 11.0. The van der Waals surface area contributed by atoms with Crippen LogP contribution >= 0.6 is 0 Å². The lowest BCUT2D eigenvalue weighted by molar-refractivity contribution is -0.142. The fourth-order valence-electron chi connectivity index (χ4n) is 3.35. The molecule has 7 nitrogen and oxygen atoms in total. The minimum Gasteiger partial charge on any atom is -0.496 e. The van der Waals surface area contributed by atoms with Crippen molar-refractivity contribution in [2.75, 3.05) is 33.9 Å². The quantitative estimate of drug-likeness (QED) is 0.514. The zero-order valence-corrected chi connectivity index (χ0v) is 19.4. The van der Waals surface area contributed by atoms with Gasteiger partial charge in [-0.05, 0) is 24.8 Å². The minimum atomic E-state index is -0.554. The van der Waals surface area contributed by atoms with Crippen LogP contribution < -0.4 is 19.5 Å². The van der Waals surface area contributed by atoms with Gasteiger partial charge in [0.2, 0.25) is 5.91 Å². The zero-order valence-electron chi connectivity index (χ0n) is 19.4. The minimum absolute atomic E-state index is 0.140. The number of carbonyl (C=O) groups is 2. The molecule has 0 unspecified atom stereocenters. The molecule has 0 heterocycles. The molecule has 2 amide bonds. The van der Waals surface area contributed by atoms with Crippen LogP contribution in [0.3, 0.4) is 0 Å². The van der Waals surface area contributed by atoms with Crippen LogP contribution in [0.25, 0.3) is 0 Å². The summed E-state index contributed by atoms with van der Waals surface area (Å²) in [7, 11) is 3.10. The highest BCUT2D eigenvalue weighted by Gasteiger charge is 2.28. The monoisotopic (exact) mass is 442 g/mol. The summed E-state index contributed by atoms with van der Waals surface area (Å²) >= 11 is 0. The van der Waals surface area contributed by atoms with E-state index in [2.05, 4.69) is 5.32 Å². The first-order chi connectivity index (χ1) is 15.5. The summed E-state index contributed by atoms with van der Waals surface area (Å²) < 4.78 is 16.3. The summed E-state index contributed by atoms with van der Waals surface area (Å²) in [6.07, 6.45) is 2.00. The molecule has 2 rings (SSSR count). The van der Waals surface area contributed by atoms with E-state index in [1.54, 1.807) is 37.3 Å². The third-order valence-corrected chi connectivity index (χ3v) is 5.11. The molecule has 32 heavy (non-hydrogen) atoms. The van der Waals surface area contributed by atoms with Crippen molar-refractivity contribution < 1.29 is 23.8 Å². The molecule has 7 heteroatoms. The summed E-state index contributed by atoms with van der Waals surface area (Å²) in [6, 6.07) is 14.5. The third kappa shape index (κ3) is 7.48. The van der Waals surface area contributed by atoms with Gasteiger partial charge in [0, 0.05) is 31.3 Å². The number of amides is 2. The van der Waals surface area contributed by atoms with Crippen molar-refractivity contribution in [1.29, 1.82) is 0 Å². The smallest absolute Gasteiger partial charge is 0.261 e. The van der Waals surface area contributed by atoms with Crippen LogP contribution in [0, 0.1) is 0 Å². The molecule has 0 saturated heterocycles. The lowest BCUT2D eigenvalue weighted by Gasteiger charge is -2.30. The Balaban J connectivity index is 2.15. The Hall–Kier alpha value is -3.22. The van der Waals surface area contributed by atoms with Gasteiger partial charge in [0.1, 0.15) is 23.3 Å². The fraction of sp³-hybridized carbons (Fsp3) is 0.440. The van der Waals surface area contributed by atoms with E-state index in [1.165, 1.54) is 0 Å². The maximum Gasteiger partial charge on any atom is 0.261 e. The van der Waals surface area contributed by atoms with E-state index in [1.807, 2.05) is 44.2 Å². The molecule has 174 valence electrons. The van der Waals surface area contributed by atoms with Gasteiger partial charge in [0.25, 0.3) is 5.91 Å². The SMILES string of the molecule is CCCNC(=O)[C@H](CC)N(CCc1ccccc1)C(=O)COc1cc(OC)cc(OC)c1. The molecule has 0 spiro atoms. The van der Waals surface area contributed by atoms with Gasteiger partial charge < -0.3 is 24.4 Å². The number of nitrogens with one attached hydrogen (secondary N) is 1. The molecule has 0 aliphatic carbocycles. The van der Waals surface area contributed by atoms with E-state index in [-0.39, 0.29) is 18.4 Å². The molecule has 0 bridgehead atoms. The molecular formula is C25H34N2O5. The van der Waals surface area contributed by atoms with Crippen molar-refractivity contribution in [3.63, 3.8) is 0 Å². The van der Waals surface area contributed by atoms with E-state index in [0.29, 0.717) is 43.2 Å². The van der Waals surface area contributed by atoms with Gasteiger partial charge in [-0.15, -0.1) is 0 Å². The van der Waals surface area contributed by atoms with Crippen molar-refractivity contribution in [1.82, 2.24) is 10.2 Å². The third-order valence-electron chi connectivity index (χ3n) is 5.11. The number of carbonyl (C=O) groups excluding carboxylic acids is 2. The van der Waals surface area contributed by atoms with Gasteiger partial charge in [-0.3, -0.25) is 9.59 Å². The van der Waals surface area contributed by atoms with Crippen LogP contribution in [-0.2, 0) is 16.0 Å². The molecule has 0 aromatic heterocycles. The Morgan fingerprint density at radius 2 is 1.59 bits per heavy atom. The van der Waals surface area contributed by atoms with E-state index >= 15 is 0 Å². The van der Waals surface area contributed by atoms with Crippen molar-refractivity contribution in [2.24, 2.45) is 0 Å². The van der Waals surface area contributed by atoms with Gasteiger partial charge in [0.15, 0.2) is 6.61 Å². The molecule has 0 fully saturated rings. The Morgan fingerprint density at radius 1 is 0.969 bits per heavy atom. The van der Waals surface area contributed by atoms with Gasteiger partial charge in [-0.2, -0.15) is 0 Å². The number of nitrogens with zero attached hydrogens (tertiary/aromatic N) is 1. The first kappa shape index (κ1) is 25.0. The highest BCUT2D eigenvalue weighted by atomic mass is 16.5. The fourth-order valence-corrected chi connectivity index (χ4v) is 3.35. The van der Waals surface area contributed by atoms with Gasteiger partial charge in [-0.25, -0.2) is 0 Å². The number of rotatable bonds is 13.